The molecule has 2 aliphatic rings. The molecular weight excluding hydrogens is 264 g/mol. The summed E-state index contributed by atoms with van der Waals surface area (Å²) in [6, 6.07) is 11.1. The molecule has 0 amide bonds. The van der Waals surface area contributed by atoms with E-state index in [1.807, 2.05) is 0 Å². The zero-order valence-electron chi connectivity index (χ0n) is 12.4. The largest absolute Gasteiger partial charge is 0.123 e. The lowest BCUT2D eigenvalue weighted by Crippen LogP contribution is -2.31. The van der Waals surface area contributed by atoms with Crippen molar-refractivity contribution in [1.29, 1.82) is 0 Å². The van der Waals surface area contributed by atoms with E-state index in [4.69, 9.17) is 11.6 Å². The molecule has 20 heavy (non-hydrogen) atoms. The van der Waals surface area contributed by atoms with Gasteiger partial charge in [-0.15, -0.1) is 11.6 Å². The minimum Gasteiger partial charge on any atom is -0.123 e. The topological polar surface area (TPSA) is 0 Å². The number of hydrogen-bond donors (Lipinski definition) is 0. The van der Waals surface area contributed by atoms with E-state index < -0.39 is 0 Å². The summed E-state index contributed by atoms with van der Waals surface area (Å²) in [5.41, 5.74) is 1.54. The Kier molecular flexibility index (Phi) is 5.04. The van der Waals surface area contributed by atoms with Crippen molar-refractivity contribution in [3.8, 4) is 0 Å². The van der Waals surface area contributed by atoms with Gasteiger partial charge < -0.3 is 0 Å². The molecule has 1 aromatic carbocycles. The molecule has 0 N–H and O–H groups in total. The van der Waals surface area contributed by atoms with E-state index in [1.165, 1.54) is 63.4 Å². The summed E-state index contributed by atoms with van der Waals surface area (Å²) in [6.07, 6.45) is 12.4. The van der Waals surface area contributed by atoms with Gasteiger partial charge in [-0.2, -0.15) is 0 Å². The van der Waals surface area contributed by atoms with Crippen LogP contribution < -0.4 is 0 Å². The van der Waals surface area contributed by atoms with E-state index in [1.54, 1.807) is 0 Å². The molecule has 0 aliphatic heterocycles. The zero-order valence-corrected chi connectivity index (χ0v) is 13.2. The molecule has 110 valence electrons. The van der Waals surface area contributed by atoms with Gasteiger partial charge in [-0.3, -0.25) is 0 Å². The fourth-order valence-corrected chi connectivity index (χ4v) is 4.79. The second-order valence-corrected chi connectivity index (χ2v) is 7.53. The van der Waals surface area contributed by atoms with Crippen LogP contribution in [0.1, 0.15) is 56.9 Å². The number of alkyl halides is 1. The molecule has 3 rings (SSSR count). The van der Waals surface area contributed by atoms with E-state index in [-0.39, 0.29) is 0 Å². The molecule has 0 aromatic heterocycles. The van der Waals surface area contributed by atoms with Crippen LogP contribution in [-0.4, -0.2) is 5.38 Å². The minimum atomic E-state index is 0.461. The molecule has 2 saturated carbocycles. The molecule has 0 bridgehead atoms. The van der Waals surface area contributed by atoms with E-state index in [9.17, 15) is 0 Å². The van der Waals surface area contributed by atoms with Gasteiger partial charge in [0.1, 0.15) is 0 Å². The van der Waals surface area contributed by atoms with Crippen molar-refractivity contribution in [3.05, 3.63) is 35.9 Å². The summed E-state index contributed by atoms with van der Waals surface area (Å²) in [5, 5.41) is 0.461. The molecule has 2 aliphatic carbocycles. The van der Waals surface area contributed by atoms with Crippen LogP contribution in [0, 0.1) is 17.8 Å². The highest BCUT2D eigenvalue weighted by atomic mass is 35.5. The van der Waals surface area contributed by atoms with Crippen LogP contribution in [0.4, 0.5) is 0 Å². The van der Waals surface area contributed by atoms with Crippen LogP contribution in [0.25, 0.3) is 0 Å². The van der Waals surface area contributed by atoms with Crippen molar-refractivity contribution < 1.29 is 0 Å². The van der Waals surface area contributed by atoms with E-state index >= 15 is 0 Å². The molecule has 0 nitrogen and oxygen atoms in total. The van der Waals surface area contributed by atoms with Gasteiger partial charge >= 0.3 is 0 Å². The highest BCUT2D eigenvalue weighted by Crippen LogP contribution is 2.43. The summed E-state index contributed by atoms with van der Waals surface area (Å²) in [4.78, 5) is 0. The Morgan fingerprint density at radius 2 is 1.55 bits per heavy atom. The lowest BCUT2D eigenvalue weighted by atomic mass is 9.66. The molecule has 1 heteroatoms. The Morgan fingerprint density at radius 1 is 0.850 bits per heavy atom. The smallest absolute Gasteiger partial charge is 0.0336 e. The number of benzene rings is 1. The maximum absolute atomic E-state index is 6.29. The molecule has 0 saturated heterocycles. The van der Waals surface area contributed by atoms with Crippen molar-refractivity contribution in [2.24, 2.45) is 17.8 Å². The second kappa shape index (κ2) is 6.98. The highest BCUT2D eigenvalue weighted by Gasteiger charge is 2.33. The monoisotopic (exact) mass is 290 g/mol. The standard InChI is InChI=1S/C19H27Cl/c20-18-12-10-16(11-13-18)19-9-5-4-8-17(19)14-15-6-2-1-3-7-15/h1-3,6-7,16-19H,4-5,8-14H2. The van der Waals surface area contributed by atoms with Gasteiger partial charge in [0.05, 0.1) is 0 Å². The third kappa shape index (κ3) is 3.58. The summed E-state index contributed by atoms with van der Waals surface area (Å²) in [6.45, 7) is 0. The Labute approximate surface area is 128 Å². The fourth-order valence-electron chi connectivity index (χ4n) is 4.53. The first kappa shape index (κ1) is 14.4. The van der Waals surface area contributed by atoms with Gasteiger partial charge in [0.2, 0.25) is 0 Å². The maximum atomic E-state index is 6.29. The van der Waals surface area contributed by atoms with Crippen LogP contribution >= 0.6 is 11.6 Å². The maximum Gasteiger partial charge on any atom is 0.0336 e. The average molecular weight is 291 g/mol. The van der Waals surface area contributed by atoms with Gasteiger partial charge in [-0.05, 0) is 68.3 Å². The number of hydrogen-bond acceptors (Lipinski definition) is 0. The first-order valence-corrected chi connectivity index (χ1v) is 8.94. The quantitative estimate of drug-likeness (QED) is 0.614. The Morgan fingerprint density at radius 3 is 2.30 bits per heavy atom. The normalized spacial score (nSPS) is 34.9. The van der Waals surface area contributed by atoms with E-state index in [2.05, 4.69) is 30.3 Å². The number of rotatable bonds is 3. The third-order valence-electron chi connectivity index (χ3n) is 5.62. The van der Waals surface area contributed by atoms with Gasteiger partial charge in [0.15, 0.2) is 0 Å². The second-order valence-electron chi connectivity index (χ2n) is 6.91. The molecule has 0 heterocycles. The van der Waals surface area contributed by atoms with Crippen LogP contribution in [0.15, 0.2) is 30.3 Å². The highest BCUT2D eigenvalue weighted by molar-refractivity contribution is 6.20. The molecule has 0 radical (unpaired) electrons. The number of halogens is 1. The molecule has 2 atom stereocenters. The first-order valence-electron chi connectivity index (χ1n) is 8.51. The van der Waals surface area contributed by atoms with Crippen molar-refractivity contribution in [2.45, 2.75) is 63.2 Å². The van der Waals surface area contributed by atoms with E-state index in [0.29, 0.717) is 5.38 Å². The van der Waals surface area contributed by atoms with Gasteiger partial charge in [0.25, 0.3) is 0 Å². The Balaban J connectivity index is 1.64. The van der Waals surface area contributed by atoms with Crippen molar-refractivity contribution in [2.75, 3.05) is 0 Å². The SMILES string of the molecule is ClC1CCC(C2CCCCC2Cc2ccccc2)CC1. The van der Waals surface area contributed by atoms with Crippen LogP contribution in [-0.2, 0) is 6.42 Å². The fraction of sp³-hybridized carbons (Fsp3) is 0.684. The third-order valence-corrected chi connectivity index (χ3v) is 6.05. The van der Waals surface area contributed by atoms with Crippen molar-refractivity contribution in [1.82, 2.24) is 0 Å². The molecule has 2 fully saturated rings. The first-order chi connectivity index (χ1) is 9.83. The minimum absolute atomic E-state index is 0.461. The summed E-state index contributed by atoms with van der Waals surface area (Å²) >= 11 is 6.29. The average Bonchev–Trinajstić information content (AvgIpc) is 2.50. The van der Waals surface area contributed by atoms with Gasteiger partial charge in [0, 0.05) is 5.38 Å². The molecule has 1 aromatic rings. The van der Waals surface area contributed by atoms with Crippen molar-refractivity contribution in [3.63, 3.8) is 0 Å². The van der Waals surface area contributed by atoms with E-state index in [0.717, 1.165) is 17.8 Å². The van der Waals surface area contributed by atoms with Crippen LogP contribution in [0.5, 0.6) is 0 Å². The molecule has 2 unspecified atom stereocenters. The Bertz CT molecular complexity index is 391. The summed E-state index contributed by atoms with van der Waals surface area (Å²) < 4.78 is 0. The van der Waals surface area contributed by atoms with Crippen LogP contribution in [0.3, 0.4) is 0 Å². The van der Waals surface area contributed by atoms with Crippen LogP contribution in [0.2, 0.25) is 0 Å². The predicted molar refractivity (Wildman–Crippen MR) is 87.2 cm³/mol. The summed E-state index contributed by atoms with van der Waals surface area (Å²) in [7, 11) is 0. The molecule has 0 spiro atoms. The summed E-state index contributed by atoms with van der Waals surface area (Å²) in [5.74, 6) is 2.84. The lowest BCUT2D eigenvalue weighted by Gasteiger charge is -2.40. The predicted octanol–water partition coefficient (Wildman–Crippen LogP) is 5.83. The lowest BCUT2D eigenvalue weighted by molar-refractivity contribution is 0.129. The zero-order chi connectivity index (χ0) is 13.8. The molecular formula is C19H27Cl. The Hall–Kier alpha value is -0.490. The van der Waals surface area contributed by atoms with Gasteiger partial charge in [-0.1, -0.05) is 43.2 Å². The van der Waals surface area contributed by atoms with Crippen molar-refractivity contribution >= 4 is 11.6 Å². The van der Waals surface area contributed by atoms with Gasteiger partial charge in [-0.25, -0.2) is 0 Å².